The van der Waals surface area contributed by atoms with Gasteiger partial charge in [-0.3, -0.25) is 4.99 Å². The lowest BCUT2D eigenvalue weighted by Gasteiger charge is -2.02. The van der Waals surface area contributed by atoms with Crippen LogP contribution in [0.1, 0.15) is 18.2 Å². The Hall–Kier alpha value is -0.580. The molecule has 5 heteroatoms. The topological polar surface area (TPSA) is 50.4 Å². The van der Waals surface area contributed by atoms with Crippen LogP contribution >= 0.6 is 22.9 Å². The van der Waals surface area contributed by atoms with Crippen molar-refractivity contribution in [3.63, 3.8) is 0 Å². The molecule has 3 nitrogen and oxygen atoms in total. The van der Waals surface area contributed by atoms with Crippen LogP contribution in [0.5, 0.6) is 0 Å². The number of thiophene rings is 1. The highest BCUT2D eigenvalue weighted by Crippen LogP contribution is 2.21. The van der Waals surface area contributed by atoms with Crippen LogP contribution in [-0.4, -0.2) is 12.4 Å². The van der Waals surface area contributed by atoms with Gasteiger partial charge in [-0.05, 0) is 17.9 Å². The average molecular weight is 218 g/mol. The molecule has 3 N–H and O–H groups in total. The third kappa shape index (κ3) is 2.69. The van der Waals surface area contributed by atoms with Gasteiger partial charge < -0.3 is 5.43 Å². The number of hydrogen-bond acceptors (Lipinski definition) is 3. The summed E-state index contributed by atoms with van der Waals surface area (Å²) in [6.07, 6.45) is 0.994. The first-order valence-corrected chi connectivity index (χ1v) is 5.29. The summed E-state index contributed by atoms with van der Waals surface area (Å²) in [5.41, 5.74) is 2.56. The van der Waals surface area contributed by atoms with Crippen molar-refractivity contribution in [1.29, 1.82) is 0 Å². The predicted octanol–water partition coefficient (Wildman–Crippen LogP) is 2.02. The number of nitrogens with one attached hydrogen (secondary N) is 1. The van der Waals surface area contributed by atoms with Crippen molar-refractivity contribution in [3.8, 4) is 0 Å². The van der Waals surface area contributed by atoms with Gasteiger partial charge in [0.25, 0.3) is 0 Å². The number of hydrazine groups is 1. The van der Waals surface area contributed by atoms with Gasteiger partial charge in [-0.15, -0.1) is 11.3 Å². The normalized spacial score (nSPS) is 11.8. The van der Waals surface area contributed by atoms with Crippen molar-refractivity contribution >= 4 is 28.8 Å². The molecule has 1 heterocycles. The van der Waals surface area contributed by atoms with Crippen molar-refractivity contribution in [2.24, 2.45) is 10.8 Å². The third-order valence-corrected chi connectivity index (χ3v) is 2.81. The van der Waals surface area contributed by atoms with Gasteiger partial charge in [-0.2, -0.15) is 0 Å². The molecule has 1 aromatic rings. The Morgan fingerprint density at radius 1 is 1.77 bits per heavy atom. The van der Waals surface area contributed by atoms with Crippen LogP contribution in [-0.2, 0) is 0 Å². The van der Waals surface area contributed by atoms with Gasteiger partial charge in [-0.25, -0.2) is 5.84 Å². The molecule has 0 atom stereocenters. The fraction of sp³-hybridized carbons (Fsp3) is 0.375. The zero-order valence-corrected chi connectivity index (χ0v) is 8.95. The number of rotatable bonds is 3. The smallest absolute Gasteiger partial charge is 0.154 e. The molecule has 0 saturated heterocycles. The Morgan fingerprint density at radius 3 is 3.00 bits per heavy atom. The standard InChI is InChI=1S/C8H12ClN3S/c1-2-4-11-8(12-10)7-6(9)3-5-13-7/h3,5H,2,4,10H2,1H3,(H,11,12). The molecule has 0 amide bonds. The Kier molecular flexibility index (Phi) is 4.21. The van der Waals surface area contributed by atoms with Crippen LogP contribution in [0.25, 0.3) is 0 Å². The van der Waals surface area contributed by atoms with E-state index in [2.05, 4.69) is 17.3 Å². The molecular formula is C8H12ClN3S. The molecule has 13 heavy (non-hydrogen) atoms. The summed E-state index contributed by atoms with van der Waals surface area (Å²) in [7, 11) is 0. The summed E-state index contributed by atoms with van der Waals surface area (Å²) in [6, 6.07) is 1.83. The molecule has 0 saturated carbocycles. The molecule has 72 valence electrons. The van der Waals surface area contributed by atoms with E-state index < -0.39 is 0 Å². The van der Waals surface area contributed by atoms with E-state index >= 15 is 0 Å². The maximum Gasteiger partial charge on any atom is 0.154 e. The van der Waals surface area contributed by atoms with Gasteiger partial charge in [0.15, 0.2) is 5.84 Å². The Bertz CT molecular complexity index is 295. The summed E-state index contributed by atoms with van der Waals surface area (Å²) in [5, 5.41) is 2.61. The summed E-state index contributed by atoms with van der Waals surface area (Å²) in [6.45, 7) is 2.82. The zero-order valence-electron chi connectivity index (χ0n) is 7.38. The molecule has 0 fully saturated rings. The largest absolute Gasteiger partial charge is 0.308 e. The molecule has 0 aliphatic heterocycles. The number of hydrogen-bond donors (Lipinski definition) is 2. The monoisotopic (exact) mass is 217 g/mol. The van der Waals surface area contributed by atoms with E-state index in [1.54, 1.807) is 0 Å². The van der Waals surface area contributed by atoms with Crippen molar-refractivity contribution in [2.75, 3.05) is 6.54 Å². The first kappa shape index (κ1) is 10.5. The highest BCUT2D eigenvalue weighted by molar-refractivity contribution is 7.12. The first-order valence-electron chi connectivity index (χ1n) is 4.04. The molecule has 0 bridgehead atoms. The van der Waals surface area contributed by atoms with E-state index in [-0.39, 0.29) is 0 Å². The molecule has 0 spiro atoms. The number of amidine groups is 1. The van der Waals surface area contributed by atoms with Crippen LogP contribution in [0, 0.1) is 0 Å². The van der Waals surface area contributed by atoms with Crippen LogP contribution in [0.3, 0.4) is 0 Å². The average Bonchev–Trinajstić information content (AvgIpc) is 2.54. The fourth-order valence-corrected chi connectivity index (χ4v) is 1.99. The molecule has 0 aliphatic carbocycles. The van der Waals surface area contributed by atoms with E-state index in [0.29, 0.717) is 10.9 Å². The number of halogens is 1. The highest BCUT2D eigenvalue weighted by atomic mass is 35.5. The number of nitrogens with two attached hydrogens (primary N) is 1. The summed E-state index contributed by atoms with van der Waals surface area (Å²) < 4.78 is 0. The molecule has 1 rings (SSSR count). The lowest BCUT2D eigenvalue weighted by atomic mass is 10.4. The van der Waals surface area contributed by atoms with Gasteiger partial charge >= 0.3 is 0 Å². The van der Waals surface area contributed by atoms with E-state index in [9.17, 15) is 0 Å². The van der Waals surface area contributed by atoms with Crippen LogP contribution < -0.4 is 11.3 Å². The second-order valence-corrected chi connectivity index (χ2v) is 3.80. The van der Waals surface area contributed by atoms with Crippen molar-refractivity contribution < 1.29 is 0 Å². The van der Waals surface area contributed by atoms with Crippen LogP contribution in [0.2, 0.25) is 5.02 Å². The molecule has 0 radical (unpaired) electrons. The zero-order chi connectivity index (χ0) is 9.68. The Balaban J connectivity index is 2.84. The third-order valence-electron chi connectivity index (χ3n) is 1.46. The van der Waals surface area contributed by atoms with E-state index in [1.807, 2.05) is 11.4 Å². The Labute approximate surface area is 86.6 Å². The lowest BCUT2D eigenvalue weighted by molar-refractivity contribution is 0.909. The van der Waals surface area contributed by atoms with Gasteiger partial charge in [0.1, 0.15) is 0 Å². The van der Waals surface area contributed by atoms with E-state index in [1.165, 1.54) is 11.3 Å². The summed E-state index contributed by atoms with van der Waals surface area (Å²) >= 11 is 7.45. The fourth-order valence-electron chi connectivity index (χ4n) is 0.869. The van der Waals surface area contributed by atoms with E-state index in [0.717, 1.165) is 17.8 Å². The van der Waals surface area contributed by atoms with Crippen molar-refractivity contribution in [2.45, 2.75) is 13.3 Å². The minimum absolute atomic E-state index is 0.668. The first-order chi connectivity index (χ1) is 6.29. The second kappa shape index (κ2) is 5.21. The SMILES string of the molecule is CCCN=C(NN)c1sccc1Cl. The maximum atomic E-state index is 5.93. The van der Waals surface area contributed by atoms with Gasteiger partial charge in [0.2, 0.25) is 0 Å². The predicted molar refractivity (Wildman–Crippen MR) is 58.3 cm³/mol. The quantitative estimate of drug-likeness (QED) is 0.352. The highest BCUT2D eigenvalue weighted by Gasteiger charge is 2.07. The number of aliphatic imine (C=N–C) groups is 1. The van der Waals surface area contributed by atoms with E-state index in [4.69, 9.17) is 17.4 Å². The van der Waals surface area contributed by atoms with Crippen molar-refractivity contribution in [1.82, 2.24) is 5.43 Å². The minimum Gasteiger partial charge on any atom is -0.308 e. The minimum atomic E-state index is 0.668. The molecule has 0 aliphatic rings. The molecular weight excluding hydrogens is 206 g/mol. The van der Waals surface area contributed by atoms with Crippen LogP contribution in [0.15, 0.2) is 16.4 Å². The summed E-state index contributed by atoms with van der Waals surface area (Å²) in [4.78, 5) is 5.17. The lowest BCUT2D eigenvalue weighted by Crippen LogP contribution is -2.30. The second-order valence-electron chi connectivity index (χ2n) is 2.47. The van der Waals surface area contributed by atoms with Gasteiger partial charge in [0, 0.05) is 6.54 Å². The Morgan fingerprint density at radius 2 is 2.54 bits per heavy atom. The van der Waals surface area contributed by atoms with Crippen molar-refractivity contribution in [3.05, 3.63) is 21.3 Å². The molecule has 0 unspecified atom stereocenters. The van der Waals surface area contributed by atoms with Gasteiger partial charge in [0.05, 0.1) is 9.90 Å². The molecule has 1 aromatic heterocycles. The summed E-state index contributed by atoms with van der Waals surface area (Å²) in [5.74, 6) is 6.01. The maximum absolute atomic E-state index is 5.93. The molecule has 0 aromatic carbocycles. The van der Waals surface area contributed by atoms with Gasteiger partial charge in [-0.1, -0.05) is 18.5 Å². The van der Waals surface area contributed by atoms with Crippen LogP contribution in [0.4, 0.5) is 0 Å². The number of nitrogens with zero attached hydrogens (tertiary/aromatic N) is 1.